The van der Waals surface area contributed by atoms with Crippen molar-refractivity contribution >= 4 is 5.69 Å². The first-order valence-electron chi connectivity index (χ1n) is 11.1. The van der Waals surface area contributed by atoms with Gasteiger partial charge in [-0.1, -0.05) is 77.0 Å². The van der Waals surface area contributed by atoms with E-state index in [1.54, 1.807) is 0 Å². The van der Waals surface area contributed by atoms with E-state index in [-0.39, 0.29) is 27.6 Å². The summed E-state index contributed by atoms with van der Waals surface area (Å²) in [6.45, 7) is 5.23. The Hall–Kier alpha value is -1.70. The van der Waals surface area contributed by atoms with Gasteiger partial charge in [-0.3, -0.25) is 0 Å². The zero-order valence-electron chi connectivity index (χ0n) is 18.8. The normalized spacial score (nSPS) is 12.6. The van der Waals surface area contributed by atoms with Crippen LogP contribution in [0.25, 0.3) is 0 Å². The third-order valence-corrected chi connectivity index (χ3v) is 5.42. The third-order valence-electron chi connectivity index (χ3n) is 5.42. The van der Waals surface area contributed by atoms with Crippen LogP contribution >= 0.6 is 0 Å². The minimum atomic E-state index is -0.499. The summed E-state index contributed by atoms with van der Waals surface area (Å²) in [6.07, 6.45) is 27.8. The number of quaternary nitrogens is 1. The Morgan fingerprint density at radius 1 is 0.833 bits per heavy atom. The molecule has 164 valence electrons. The molecule has 1 aromatic carbocycles. The van der Waals surface area contributed by atoms with Gasteiger partial charge in [0, 0.05) is 0 Å². The predicted molar refractivity (Wildman–Crippen MR) is 126 cm³/mol. The van der Waals surface area contributed by atoms with Crippen molar-refractivity contribution in [1.82, 2.24) is 4.48 Å². The van der Waals surface area contributed by atoms with Gasteiger partial charge in [0.25, 0.3) is 6.23 Å². The number of hydrogen-bond acceptors (Lipinski definition) is 1. The molecule has 0 radical (unpaired) electrons. The summed E-state index contributed by atoms with van der Waals surface area (Å²) in [5.74, 6) is 8.45. The van der Waals surface area contributed by atoms with Gasteiger partial charge in [0.1, 0.15) is 18.8 Å². The molecule has 30 heavy (non-hydrogen) atoms. The van der Waals surface area contributed by atoms with E-state index < -0.39 is 6.23 Å². The second kappa shape index (κ2) is 17.0. The van der Waals surface area contributed by atoms with Crippen LogP contribution in [0.5, 0.6) is 0 Å². The molecule has 0 heterocycles. The molecule has 0 fully saturated rings. The van der Waals surface area contributed by atoms with Gasteiger partial charge in [-0.05, 0) is 42.7 Å². The molecule has 0 aliphatic carbocycles. The maximum atomic E-state index is 6.54. The van der Waals surface area contributed by atoms with Gasteiger partial charge < -0.3 is 21.7 Å². The van der Waals surface area contributed by atoms with Crippen molar-refractivity contribution in [2.45, 2.75) is 84.0 Å². The van der Waals surface area contributed by atoms with E-state index in [2.05, 4.69) is 31.6 Å². The van der Waals surface area contributed by atoms with Crippen molar-refractivity contribution in [2.24, 2.45) is 0 Å². The Kier molecular flexibility index (Phi) is 16.1. The van der Waals surface area contributed by atoms with Crippen LogP contribution in [0.4, 0.5) is 5.69 Å². The molecule has 0 saturated carbocycles. The Bertz CT molecular complexity index is 664. The number of terminal acetylenes is 3. The topological polar surface area (TPSA) is 9.23 Å². The van der Waals surface area contributed by atoms with Crippen LogP contribution in [-0.2, 0) is 4.74 Å². The first kappa shape index (κ1) is 28.3. The van der Waals surface area contributed by atoms with Crippen LogP contribution in [0.15, 0.2) is 30.3 Å². The number of rotatable bonds is 15. The molecule has 0 spiro atoms. The van der Waals surface area contributed by atoms with Crippen molar-refractivity contribution < 1.29 is 21.7 Å². The van der Waals surface area contributed by atoms with Crippen molar-refractivity contribution in [3.05, 3.63) is 30.3 Å². The van der Waals surface area contributed by atoms with E-state index in [4.69, 9.17) is 24.0 Å². The van der Waals surface area contributed by atoms with Crippen molar-refractivity contribution in [2.75, 3.05) is 13.1 Å². The molecule has 0 aliphatic rings. The lowest BCUT2D eigenvalue weighted by molar-refractivity contribution is -0.0606. The lowest BCUT2D eigenvalue weighted by Gasteiger charge is -2.40. The number of unbranched alkanes of at least 4 members (excludes halogenated alkanes) is 5. The summed E-state index contributed by atoms with van der Waals surface area (Å²) in [5, 5.41) is 0. The first-order valence-corrected chi connectivity index (χ1v) is 11.1. The Morgan fingerprint density at radius 3 is 1.97 bits per heavy atom. The summed E-state index contributed by atoms with van der Waals surface area (Å²) in [4.78, 5) is 0. The first-order chi connectivity index (χ1) is 14.2. The molecule has 0 bridgehead atoms. The maximum Gasteiger partial charge on any atom is 0.264 e. The van der Waals surface area contributed by atoms with Crippen LogP contribution in [0.1, 0.15) is 71.6 Å². The largest absolute Gasteiger partial charge is 1.00 e. The smallest absolute Gasteiger partial charge is 0.264 e. The standard InChI is InChI=1S/C27H38NO.BrH/c1-6-11-12-13-14-18-22-26(19-7-2)29-27(10-5)28(23-8-3,24-9-4)25-20-16-15-17-21-25;/h3-5,15-17,20-21,26-27H,6-7,11-14,18-19,22-24H2,1-2H3;1H/q+1;/p-1. The van der Waals surface area contributed by atoms with Gasteiger partial charge in [-0.2, -0.15) is 0 Å². The average molecular weight is 473 g/mol. The van der Waals surface area contributed by atoms with Crippen LogP contribution < -0.4 is 21.5 Å². The zero-order chi connectivity index (χ0) is 21.4. The van der Waals surface area contributed by atoms with Crippen LogP contribution in [0.3, 0.4) is 0 Å². The van der Waals surface area contributed by atoms with Crippen molar-refractivity contribution in [3.63, 3.8) is 0 Å². The summed E-state index contributed by atoms with van der Waals surface area (Å²) >= 11 is 0. The van der Waals surface area contributed by atoms with E-state index in [0.717, 1.165) is 24.9 Å². The van der Waals surface area contributed by atoms with E-state index in [1.807, 2.05) is 30.3 Å². The highest BCUT2D eigenvalue weighted by Crippen LogP contribution is 2.29. The fourth-order valence-corrected chi connectivity index (χ4v) is 3.83. The number of ether oxygens (including phenoxy) is 1. The number of nitrogens with zero attached hydrogens (tertiary/aromatic N) is 1. The second-order valence-electron chi connectivity index (χ2n) is 7.72. The lowest BCUT2D eigenvalue weighted by Crippen LogP contribution is -3.00. The highest BCUT2D eigenvalue weighted by Gasteiger charge is 2.39. The molecule has 2 unspecified atom stereocenters. The summed E-state index contributed by atoms with van der Waals surface area (Å²) in [6, 6.07) is 10.0. The molecule has 0 saturated heterocycles. The third kappa shape index (κ3) is 8.98. The molecule has 0 aliphatic heterocycles. The maximum absolute atomic E-state index is 6.54. The lowest BCUT2D eigenvalue weighted by atomic mass is 10.0. The molecule has 2 atom stereocenters. The molecular formula is C27H38BrNO. The fraction of sp³-hybridized carbons (Fsp3) is 0.556. The highest BCUT2D eigenvalue weighted by atomic mass is 79.9. The Morgan fingerprint density at radius 2 is 1.43 bits per heavy atom. The number of benzene rings is 1. The molecule has 1 rings (SSSR count). The van der Waals surface area contributed by atoms with Crippen LogP contribution in [0, 0.1) is 37.0 Å². The number of hydrogen-bond donors (Lipinski definition) is 0. The zero-order valence-corrected chi connectivity index (χ0v) is 20.4. The summed E-state index contributed by atoms with van der Waals surface area (Å²) in [5.41, 5.74) is 1.00. The van der Waals surface area contributed by atoms with Crippen molar-refractivity contribution in [3.8, 4) is 37.0 Å². The van der Waals surface area contributed by atoms with Gasteiger partial charge in [0.05, 0.1) is 6.10 Å². The number of halogens is 1. The summed E-state index contributed by atoms with van der Waals surface area (Å²) < 4.78 is 6.82. The van der Waals surface area contributed by atoms with Gasteiger partial charge >= 0.3 is 0 Å². The molecule has 1 aromatic rings. The van der Waals surface area contributed by atoms with Gasteiger partial charge in [0.2, 0.25) is 0 Å². The second-order valence-corrected chi connectivity index (χ2v) is 7.72. The van der Waals surface area contributed by atoms with E-state index >= 15 is 0 Å². The van der Waals surface area contributed by atoms with E-state index in [9.17, 15) is 0 Å². The average Bonchev–Trinajstić information content (AvgIpc) is 2.74. The summed E-state index contributed by atoms with van der Waals surface area (Å²) in [7, 11) is 0. The highest BCUT2D eigenvalue weighted by molar-refractivity contribution is 5.46. The SMILES string of the molecule is C#CC[N+](CC#C)(c1ccccc1)C(C#C)OC(CCC)CCCCCCCC.[Br-]. The minimum Gasteiger partial charge on any atom is -1.00 e. The van der Waals surface area contributed by atoms with Gasteiger partial charge in [-0.15, -0.1) is 19.3 Å². The predicted octanol–water partition coefficient (Wildman–Crippen LogP) is 3.16. The quantitative estimate of drug-likeness (QED) is 0.165. The molecule has 0 amide bonds. The Labute approximate surface area is 196 Å². The Balaban J connectivity index is 0.00000841. The molecule has 0 N–H and O–H groups in total. The van der Waals surface area contributed by atoms with Crippen LogP contribution in [0.2, 0.25) is 0 Å². The molecule has 2 nitrogen and oxygen atoms in total. The van der Waals surface area contributed by atoms with Gasteiger partial charge in [0.15, 0.2) is 0 Å². The van der Waals surface area contributed by atoms with Gasteiger partial charge in [-0.25, -0.2) is 4.48 Å². The van der Waals surface area contributed by atoms with Crippen molar-refractivity contribution in [1.29, 1.82) is 0 Å². The van der Waals surface area contributed by atoms with E-state index in [0.29, 0.717) is 13.1 Å². The van der Waals surface area contributed by atoms with Crippen LogP contribution in [-0.4, -0.2) is 25.4 Å². The minimum absolute atomic E-state index is 0. The molecular weight excluding hydrogens is 434 g/mol. The molecule has 3 heteroatoms. The monoisotopic (exact) mass is 471 g/mol. The molecule has 0 aromatic heterocycles. The van der Waals surface area contributed by atoms with E-state index in [1.165, 1.54) is 38.5 Å². The fourth-order valence-electron chi connectivity index (χ4n) is 3.83. The number of para-hydroxylation sites is 1.